The lowest BCUT2D eigenvalue weighted by Gasteiger charge is -2.34. The van der Waals surface area contributed by atoms with Crippen molar-refractivity contribution in [3.8, 4) is 0 Å². The zero-order valence-electron chi connectivity index (χ0n) is 13.2. The first-order valence-electron chi connectivity index (χ1n) is 7.56. The standard InChI is InChI=1S/C16H19N3O2S2/c1-11-3-4-13-14(9-11)23-16(17-13)19-7-5-18(6-8-19)15(21)10-22-12(2)20/h3-4,9H,5-8,10H2,1-2H3. The maximum absolute atomic E-state index is 12.0. The second kappa shape index (κ2) is 6.88. The summed E-state index contributed by atoms with van der Waals surface area (Å²) in [6, 6.07) is 6.30. The average molecular weight is 349 g/mol. The van der Waals surface area contributed by atoms with Gasteiger partial charge in [-0.05, 0) is 24.6 Å². The summed E-state index contributed by atoms with van der Waals surface area (Å²) < 4.78 is 1.20. The van der Waals surface area contributed by atoms with Crippen LogP contribution in [0.15, 0.2) is 18.2 Å². The van der Waals surface area contributed by atoms with Gasteiger partial charge in [-0.15, -0.1) is 0 Å². The summed E-state index contributed by atoms with van der Waals surface area (Å²) >= 11 is 2.78. The van der Waals surface area contributed by atoms with Gasteiger partial charge in [-0.3, -0.25) is 9.59 Å². The molecule has 1 aromatic heterocycles. The SMILES string of the molecule is CC(=O)SCC(=O)N1CCN(c2nc3ccc(C)cc3s2)CC1. The van der Waals surface area contributed by atoms with Crippen LogP contribution in [0.4, 0.5) is 5.13 Å². The van der Waals surface area contributed by atoms with Crippen molar-refractivity contribution >= 4 is 49.5 Å². The molecule has 0 aliphatic carbocycles. The highest BCUT2D eigenvalue weighted by Crippen LogP contribution is 2.30. The Morgan fingerprint density at radius 3 is 2.70 bits per heavy atom. The lowest BCUT2D eigenvalue weighted by Crippen LogP contribution is -2.49. The van der Waals surface area contributed by atoms with Gasteiger partial charge in [0.25, 0.3) is 0 Å². The molecule has 0 radical (unpaired) electrons. The van der Waals surface area contributed by atoms with E-state index in [1.807, 2.05) is 4.90 Å². The Bertz CT molecular complexity index is 736. The third-order valence-electron chi connectivity index (χ3n) is 3.83. The van der Waals surface area contributed by atoms with Gasteiger partial charge in [-0.2, -0.15) is 0 Å². The van der Waals surface area contributed by atoms with Crippen LogP contribution in [0.25, 0.3) is 10.2 Å². The van der Waals surface area contributed by atoms with Crippen LogP contribution in [-0.2, 0) is 9.59 Å². The molecule has 0 saturated carbocycles. The number of carbonyl (C=O) groups excluding carboxylic acids is 2. The Hall–Kier alpha value is -1.60. The number of fused-ring (bicyclic) bond motifs is 1. The average Bonchev–Trinajstić information content (AvgIpc) is 2.95. The van der Waals surface area contributed by atoms with Gasteiger partial charge in [-0.25, -0.2) is 4.98 Å². The molecule has 1 fully saturated rings. The molecule has 1 aromatic carbocycles. The van der Waals surface area contributed by atoms with E-state index in [2.05, 4.69) is 30.0 Å². The van der Waals surface area contributed by atoms with E-state index in [9.17, 15) is 9.59 Å². The van der Waals surface area contributed by atoms with E-state index in [0.717, 1.165) is 35.5 Å². The summed E-state index contributed by atoms with van der Waals surface area (Å²) in [5, 5.41) is 1.01. The maximum atomic E-state index is 12.0. The van der Waals surface area contributed by atoms with Gasteiger partial charge in [0.2, 0.25) is 5.91 Å². The van der Waals surface area contributed by atoms with E-state index in [1.54, 1.807) is 11.3 Å². The number of hydrogen-bond donors (Lipinski definition) is 0. The second-order valence-electron chi connectivity index (χ2n) is 5.62. The minimum atomic E-state index is -0.0123. The van der Waals surface area contributed by atoms with Gasteiger partial charge in [0, 0.05) is 33.1 Å². The number of carbonyl (C=O) groups is 2. The van der Waals surface area contributed by atoms with Crippen molar-refractivity contribution in [1.82, 2.24) is 9.88 Å². The molecular weight excluding hydrogens is 330 g/mol. The summed E-state index contributed by atoms with van der Waals surface area (Å²) in [6.45, 7) is 6.52. The summed E-state index contributed by atoms with van der Waals surface area (Å²) in [6.07, 6.45) is 0. The Labute approximate surface area is 143 Å². The Kier molecular flexibility index (Phi) is 4.87. The highest BCUT2D eigenvalue weighted by molar-refractivity contribution is 8.14. The molecule has 122 valence electrons. The van der Waals surface area contributed by atoms with Crippen molar-refractivity contribution in [2.75, 3.05) is 36.8 Å². The van der Waals surface area contributed by atoms with Crippen molar-refractivity contribution in [1.29, 1.82) is 0 Å². The molecule has 2 aromatic rings. The largest absolute Gasteiger partial charge is 0.345 e. The molecule has 0 bridgehead atoms. The molecule has 1 aliphatic rings. The van der Waals surface area contributed by atoms with Crippen molar-refractivity contribution in [2.24, 2.45) is 0 Å². The highest BCUT2D eigenvalue weighted by atomic mass is 32.2. The predicted octanol–water partition coefficient (Wildman–Crippen LogP) is 2.53. The summed E-state index contributed by atoms with van der Waals surface area (Å²) in [4.78, 5) is 31.8. The number of benzene rings is 1. The zero-order valence-corrected chi connectivity index (χ0v) is 14.9. The number of thioether (sulfide) groups is 1. The van der Waals surface area contributed by atoms with Crippen molar-refractivity contribution in [3.05, 3.63) is 23.8 Å². The van der Waals surface area contributed by atoms with Crippen molar-refractivity contribution < 1.29 is 9.59 Å². The van der Waals surface area contributed by atoms with Crippen LogP contribution in [-0.4, -0.2) is 52.8 Å². The third-order valence-corrected chi connectivity index (χ3v) is 5.71. The van der Waals surface area contributed by atoms with Crippen LogP contribution in [0.5, 0.6) is 0 Å². The Balaban J connectivity index is 1.61. The molecule has 1 aliphatic heterocycles. The quantitative estimate of drug-likeness (QED) is 0.852. The van der Waals surface area contributed by atoms with Crippen LogP contribution < -0.4 is 4.90 Å². The van der Waals surface area contributed by atoms with Crippen LogP contribution in [0.2, 0.25) is 0 Å². The summed E-state index contributed by atoms with van der Waals surface area (Å²) in [5.74, 6) is 0.292. The van der Waals surface area contributed by atoms with Gasteiger partial charge in [0.1, 0.15) is 0 Å². The number of thiazole rings is 1. The van der Waals surface area contributed by atoms with Crippen LogP contribution >= 0.6 is 23.1 Å². The lowest BCUT2D eigenvalue weighted by molar-refractivity contribution is -0.128. The minimum absolute atomic E-state index is 0.0123. The smallest absolute Gasteiger partial charge is 0.233 e. The number of piperazine rings is 1. The molecule has 7 heteroatoms. The third kappa shape index (κ3) is 3.84. The maximum Gasteiger partial charge on any atom is 0.233 e. The van der Waals surface area contributed by atoms with E-state index >= 15 is 0 Å². The lowest BCUT2D eigenvalue weighted by atomic mass is 10.2. The molecular formula is C16H19N3O2S2. The summed E-state index contributed by atoms with van der Waals surface area (Å²) in [7, 11) is 0. The molecule has 23 heavy (non-hydrogen) atoms. The number of hydrogen-bond acceptors (Lipinski definition) is 6. The highest BCUT2D eigenvalue weighted by Gasteiger charge is 2.23. The molecule has 0 unspecified atom stereocenters. The first kappa shape index (κ1) is 16.3. The van der Waals surface area contributed by atoms with Gasteiger partial charge in [-0.1, -0.05) is 29.2 Å². The molecule has 0 N–H and O–H groups in total. The van der Waals surface area contributed by atoms with E-state index < -0.39 is 0 Å². The molecule has 1 amide bonds. The van der Waals surface area contributed by atoms with Crippen molar-refractivity contribution in [2.45, 2.75) is 13.8 Å². The molecule has 2 heterocycles. The fraction of sp³-hybridized carbons (Fsp3) is 0.438. The molecule has 1 saturated heterocycles. The van der Waals surface area contributed by atoms with Gasteiger partial charge in [0.15, 0.2) is 10.2 Å². The topological polar surface area (TPSA) is 53.5 Å². The van der Waals surface area contributed by atoms with Crippen LogP contribution in [0.3, 0.4) is 0 Å². The summed E-state index contributed by atoms with van der Waals surface area (Å²) in [5.41, 5.74) is 2.28. The minimum Gasteiger partial charge on any atom is -0.345 e. The van der Waals surface area contributed by atoms with Crippen LogP contribution in [0, 0.1) is 6.92 Å². The Morgan fingerprint density at radius 1 is 1.26 bits per heavy atom. The monoisotopic (exact) mass is 349 g/mol. The number of aryl methyl sites for hydroxylation is 1. The van der Waals surface area contributed by atoms with Gasteiger partial charge in [0.05, 0.1) is 16.0 Å². The Morgan fingerprint density at radius 2 is 2.00 bits per heavy atom. The molecule has 0 spiro atoms. The molecule has 3 rings (SSSR count). The number of amides is 1. The fourth-order valence-corrected chi connectivity index (χ4v) is 4.18. The number of anilines is 1. The zero-order chi connectivity index (χ0) is 16.4. The van der Waals surface area contributed by atoms with E-state index in [-0.39, 0.29) is 16.8 Å². The van der Waals surface area contributed by atoms with E-state index in [0.29, 0.717) is 13.1 Å². The van der Waals surface area contributed by atoms with Gasteiger partial charge >= 0.3 is 0 Å². The predicted molar refractivity (Wildman–Crippen MR) is 96.3 cm³/mol. The number of rotatable bonds is 3. The number of nitrogens with zero attached hydrogens (tertiary/aromatic N) is 3. The normalized spacial score (nSPS) is 15.2. The molecule has 5 nitrogen and oxygen atoms in total. The van der Waals surface area contributed by atoms with Crippen LogP contribution in [0.1, 0.15) is 12.5 Å². The first-order chi connectivity index (χ1) is 11.0. The van der Waals surface area contributed by atoms with Crippen molar-refractivity contribution in [3.63, 3.8) is 0 Å². The van der Waals surface area contributed by atoms with E-state index in [4.69, 9.17) is 4.98 Å². The van der Waals surface area contributed by atoms with Gasteiger partial charge < -0.3 is 9.80 Å². The second-order valence-corrected chi connectivity index (χ2v) is 7.78. The number of aromatic nitrogens is 1. The van der Waals surface area contributed by atoms with E-state index in [1.165, 1.54) is 17.2 Å². The first-order valence-corrected chi connectivity index (χ1v) is 9.36. The molecule has 0 atom stereocenters. The fourth-order valence-electron chi connectivity index (χ4n) is 2.56.